The van der Waals surface area contributed by atoms with Gasteiger partial charge in [-0.15, -0.1) is 0 Å². The molecule has 3 heteroatoms. The third-order valence-electron chi connectivity index (χ3n) is 3.60. The number of benzene rings is 1. The van der Waals surface area contributed by atoms with E-state index < -0.39 is 0 Å². The van der Waals surface area contributed by atoms with Gasteiger partial charge in [-0.05, 0) is 37.1 Å². The highest BCUT2D eigenvalue weighted by Crippen LogP contribution is 2.28. The van der Waals surface area contributed by atoms with Gasteiger partial charge in [-0.3, -0.25) is 4.79 Å². The molecule has 0 saturated carbocycles. The quantitative estimate of drug-likeness (QED) is 0.895. The second-order valence-electron chi connectivity index (χ2n) is 5.18. The summed E-state index contributed by atoms with van der Waals surface area (Å²) in [5.74, 6) is 0.285. The van der Waals surface area contributed by atoms with E-state index in [9.17, 15) is 4.79 Å². The molecule has 17 heavy (non-hydrogen) atoms. The van der Waals surface area contributed by atoms with E-state index in [1.807, 2.05) is 32.0 Å². The lowest BCUT2D eigenvalue weighted by atomic mass is 9.82. The van der Waals surface area contributed by atoms with Gasteiger partial charge in [-0.1, -0.05) is 30.7 Å². The Bertz CT molecular complexity index is 436. The predicted octanol–water partition coefficient (Wildman–Crippen LogP) is 2.76. The van der Waals surface area contributed by atoms with Crippen LogP contribution >= 0.6 is 11.6 Å². The first-order valence-corrected chi connectivity index (χ1v) is 6.38. The molecule has 0 radical (unpaired) electrons. The Morgan fingerprint density at radius 1 is 1.53 bits per heavy atom. The fraction of sp³-hybridized carbons (Fsp3) is 0.500. The lowest BCUT2D eigenvalue weighted by Gasteiger charge is -2.21. The molecule has 1 N–H and O–H groups in total. The van der Waals surface area contributed by atoms with Crippen LogP contribution in [0.5, 0.6) is 0 Å². The van der Waals surface area contributed by atoms with E-state index in [1.165, 1.54) is 0 Å². The maximum absolute atomic E-state index is 12.3. The van der Waals surface area contributed by atoms with Crippen molar-refractivity contribution in [3.63, 3.8) is 0 Å². The predicted molar refractivity (Wildman–Crippen MR) is 70.5 cm³/mol. The Labute approximate surface area is 107 Å². The number of nitrogens with one attached hydrogen (secondary N) is 1. The van der Waals surface area contributed by atoms with Crippen molar-refractivity contribution in [2.75, 3.05) is 13.1 Å². The third kappa shape index (κ3) is 2.70. The molecule has 0 spiro atoms. The number of hydrogen-bond acceptors (Lipinski definition) is 2. The summed E-state index contributed by atoms with van der Waals surface area (Å²) in [4.78, 5) is 12.3. The van der Waals surface area contributed by atoms with Crippen LogP contribution in [0.25, 0.3) is 0 Å². The molecule has 0 aromatic heterocycles. The number of carbonyl (C=O) groups is 1. The molecule has 1 aliphatic rings. The van der Waals surface area contributed by atoms with Crippen LogP contribution in [0.1, 0.15) is 24.5 Å². The standard InChI is InChI=1S/C14H18ClNO/c1-10-3-4-11(12(15)7-10)8-13(17)14(2)5-6-16-9-14/h3-4,7,16H,5-6,8-9H2,1-2H3. The van der Waals surface area contributed by atoms with Crippen molar-refractivity contribution in [1.82, 2.24) is 5.32 Å². The number of rotatable bonds is 3. The number of aryl methyl sites for hydroxylation is 1. The van der Waals surface area contributed by atoms with Gasteiger partial charge in [0.2, 0.25) is 0 Å². The van der Waals surface area contributed by atoms with E-state index in [2.05, 4.69) is 5.32 Å². The molecule has 1 heterocycles. The van der Waals surface area contributed by atoms with Gasteiger partial charge in [0.15, 0.2) is 0 Å². The van der Waals surface area contributed by atoms with Crippen molar-refractivity contribution >= 4 is 17.4 Å². The minimum absolute atomic E-state index is 0.214. The van der Waals surface area contributed by atoms with Crippen molar-refractivity contribution in [3.8, 4) is 0 Å². The van der Waals surface area contributed by atoms with E-state index in [-0.39, 0.29) is 11.2 Å². The maximum atomic E-state index is 12.3. The van der Waals surface area contributed by atoms with Crippen molar-refractivity contribution in [1.29, 1.82) is 0 Å². The molecule has 1 aromatic carbocycles. The molecule has 1 atom stereocenters. The van der Waals surface area contributed by atoms with Gasteiger partial charge in [0.25, 0.3) is 0 Å². The van der Waals surface area contributed by atoms with Gasteiger partial charge in [0, 0.05) is 23.4 Å². The van der Waals surface area contributed by atoms with Crippen LogP contribution in [0.3, 0.4) is 0 Å². The average Bonchev–Trinajstić information content (AvgIpc) is 2.71. The van der Waals surface area contributed by atoms with E-state index in [1.54, 1.807) is 0 Å². The molecular weight excluding hydrogens is 234 g/mol. The van der Waals surface area contributed by atoms with Crippen molar-refractivity contribution in [2.24, 2.45) is 5.41 Å². The number of carbonyl (C=O) groups excluding carboxylic acids is 1. The monoisotopic (exact) mass is 251 g/mol. The number of halogens is 1. The van der Waals surface area contributed by atoms with E-state index in [0.717, 1.165) is 30.6 Å². The Balaban J connectivity index is 2.13. The molecular formula is C14H18ClNO. The normalized spacial score (nSPS) is 23.9. The summed E-state index contributed by atoms with van der Waals surface area (Å²) < 4.78 is 0. The summed E-state index contributed by atoms with van der Waals surface area (Å²) in [6.07, 6.45) is 1.37. The fourth-order valence-electron chi connectivity index (χ4n) is 2.24. The first kappa shape index (κ1) is 12.6. The Hall–Kier alpha value is -0.860. The summed E-state index contributed by atoms with van der Waals surface area (Å²) in [6.45, 7) is 5.76. The van der Waals surface area contributed by atoms with Crippen molar-refractivity contribution in [2.45, 2.75) is 26.7 Å². The van der Waals surface area contributed by atoms with Crippen LogP contribution in [-0.4, -0.2) is 18.9 Å². The van der Waals surface area contributed by atoms with Gasteiger partial charge >= 0.3 is 0 Å². The third-order valence-corrected chi connectivity index (χ3v) is 3.95. The van der Waals surface area contributed by atoms with Gasteiger partial charge < -0.3 is 5.32 Å². The molecule has 2 nitrogen and oxygen atoms in total. The zero-order chi connectivity index (χ0) is 12.5. The SMILES string of the molecule is Cc1ccc(CC(=O)C2(C)CCNC2)c(Cl)c1. The van der Waals surface area contributed by atoms with Gasteiger partial charge in [0.1, 0.15) is 5.78 Å². The highest BCUT2D eigenvalue weighted by Gasteiger charge is 2.35. The Morgan fingerprint density at radius 3 is 2.88 bits per heavy atom. The fourth-order valence-corrected chi connectivity index (χ4v) is 2.54. The largest absolute Gasteiger partial charge is 0.316 e. The second kappa shape index (κ2) is 4.79. The minimum Gasteiger partial charge on any atom is -0.316 e. The van der Waals surface area contributed by atoms with Crippen molar-refractivity contribution < 1.29 is 4.79 Å². The van der Waals surface area contributed by atoms with Crippen LogP contribution in [-0.2, 0) is 11.2 Å². The van der Waals surface area contributed by atoms with Crippen LogP contribution < -0.4 is 5.32 Å². The molecule has 1 aliphatic heterocycles. The summed E-state index contributed by atoms with van der Waals surface area (Å²) in [5, 5.41) is 3.95. The number of Topliss-reactive ketones (excluding diaryl/α,β-unsaturated/α-hetero) is 1. The molecule has 0 aliphatic carbocycles. The zero-order valence-corrected chi connectivity index (χ0v) is 11.1. The summed E-state index contributed by atoms with van der Waals surface area (Å²) >= 11 is 6.16. The highest BCUT2D eigenvalue weighted by atomic mass is 35.5. The van der Waals surface area contributed by atoms with Gasteiger partial charge in [0.05, 0.1) is 0 Å². The number of ketones is 1. The van der Waals surface area contributed by atoms with Crippen LogP contribution in [0.2, 0.25) is 5.02 Å². The topological polar surface area (TPSA) is 29.1 Å². The van der Waals surface area contributed by atoms with E-state index in [4.69, 9.17) is 11.6 Å². The first-order chi connectivity index (χ1) is 8.01. The van der Waals surface area contributed by atoms with Crippen LogP contribution in [0.15, 0.2) is 18.2 Å². The lowest BCUT2D eigenvalue weighted by molar-refractivity contribution is -0.126. The van der Waals surface area contributed by atoms with Crippen LogP contribution in [0, 0.1) is 12.3 Å². The summed E-state index contributed by atoms with van der Waals surface area (Å²) in [5.41, 5.74) is 1.85. The second-order valence-corrected chi connectivity index (χ2v) is 5.59. The molecule has 92 valence electrons. The van der Waals surface area contributed by atoms with E-state index >= 15 is 0 Å². The molecule has 0 amide bonds. The number of hydrogen-bond donors (Lipinski definition) is 1. The van der Waals surface area contributed by atoms with Gasteiger partial charge in [-0.25, -0.2) is 0 Å². The Kier molecular flexibility index (Phi) is 3.55. The zero-order valence-electron chi connectivity index (χ0n) is 10.3. The maximum Gasteiger partial charge on any atom is 0.144 e. The minimum atomic E-state index is -0.214. The lowest BCUT2D eigenvalue weighted by Crippen LogP contribution is -2.31. The molecule has 1 saturated heterocycles. The molecule has 1 aromatic rings. The Morgan fingerprint density at radius 2 is 2.29 bits per heavy atom. The summed E-state index contributed by atoms with van der Waals surface area (Å²) in [7, 11) is 0. The smallest absolute Gasteiger partial charge is 0.144 e. The van der Waals surface area contributed by atoms with Crippen LogP contribution in [0.4, 0.5) is 0 Å². The molecule has 0 bridgehead atoms. The first-order valence-electron chi connectivity index (χ1n) is 6.00. The molecule has 2 rings (SSSR count). The summed E-state index contributed by atoms with van der Waals surface area (Å²) in [6, 6.07) is 5.88. The molecule has 1 fully saturated rings. The van der Waals surface area contributed by atoms with Gasteiger partial charge in [-0.2, -0.15) is 0 Å². The van der Waals surface area contributed by atoms with Crippen molar-refractivity contribution in [3.05, 3.63) is 34.3 Å². The molecule has 1 unspecified atom stereocenters. The van der Waals surface area contributed by atoms with E-state index in [0.29, 0.717) is 11.4 Å². The highest BCUT2D eigenvalue weighted by molar-refractivity contribution is 6.31. The average molecular weight is 252 g/mol.